The predicted molar refractivity (Wildman–Crippen MR) is 250 cm³/mol. The van der Waals surface area contributed by atoms with Gasteiger partial charge in [0.15, 0.2) is 0 Å². The molecule has 4 aliphatic rings. The molecule has 3 aliphatic carbocycles. The van der Waals surface area contributed by atoms with E-state index in [1.54, 1.807) is 24.3 Å². The Hall–Kier alpha value is -6.09. The van der Waals surface area contributed by atoms with E-state index in [2.05, 4.69) is 42.2 Å². The minimum Gasteiger partial charge on any atom is -0.459 e. The summed E-state index contributed by atoms with van der Waals surface area (Å²) in [6, 6.07) is 25.1. The molecule has 3 N–H and O–H groups in total. The van der Waals surface area contributed by atoms with Gasteiger partial charge in [0.25, 0.3) is 5.69 Å². The van der Waals surface area contributed by atoms with Crippen LogP contribution in [-0.2, 0) is 27.5 Å². The number of ether oxygens (including phenoxy) is 3. The van der Waals surface area contributed by atoms with Crippen LogP contribution in [0.4, 0.5) is 10.5 Å². The lowest BCUT2D eigenvalue weighted by Crippen LogP contribution is -2.70. The Morgan fingerprint density at radius 2 is 1.76 bits per heavy atom. The number of oxime groups is 1. The van der Waals surface area contributed by atoms with Gasteiger partial charge in [-0.3, -0.25) is 14.9 Å². The second-order valence-electron chi connectivity index (χ2n) is 17.8. The molecule has 0 bridgehead atoms. The number of rotatable bonds is 21. The second kappa shape index (κ2) is 21.0. The molecule has 0 spiro atoms. The van der Waals surface area contributed by atoms with Gasteiger partial charge in [0.1, 0.15) is 24.1 Å². The van der Waals surface area contributed by atoms with Crippen molar-refractivity contribution in [1.29, 1.82) is 0 Å². The minimum atomic E-state index is -1.47. The largest absolute Gasteiger partial charge is 0.459 e. The van der Waals surface area contributed by atoms with Gasteiger partial charge >= 0.3 is 6.09 Å². The van der Waals surface area contributed by atoms with Crippen molar-refractivity contribution in [3.63, 3.8) is 0 Å². The maximum absolute atomic E-state index is 15.1. The van der Waals surface area contributed by atoms with Gasteiger partial charge in [0, 0.05) is 62.3 Å². The molecular formula is C52H60N4O10. The molecule has 2 saturated carbocycles. The van der Waals surface area contributed by atoms with Crippen LogP contribution in [0.1, 0.15) is 87.3 Å². The summed E-state index contributed by atoms with van der Waals surface area (Å²) >= 11 is 0. The molecule has 8 rings (SSSR count). The fourth-order valence-corrected chi connectivity index (χ4v) is 10.4. The van der Waals surface area contributed by atoms with E-state index in [1.807, 2.05) is 42.2 Å². The van der Waals surface area contributed by atoms with Gasteiger partial charge in [-0.1, -0.05) is 72.6 Å². The van der Waals surface area contributed by atoms with Crippen molar-refractivity contribution in [2.75, 3.05) is 26.4 Å². The quantitative estimate of drug-likeness (QED) is 0.0316. The van der Waals surface area contributed by atoms with E-state index in [0.717, 1.165) is 66.0 Å². The van der Waals surface area contributed by atoms with E-state index in [1.165, 1.54) is 12.1 Å². The summed E-state index contributed by atoms with van der Waals surface area (Å²) in [4.78, 5) is 47.1. The Bertz CT molecular complexity index is 2450. The second-order valence-corrected chi connectivity index (χ2v) is 17.8. The molecule has 348 valence electrons. The van der Waals surface area contributed by atoms with Crippen molar-refractivity contribution < 1.29 is 43.8 Å². The van der Waals surface area contributed by atoms with E-state index in [4.69, 9.17) is 24.2 Å². The molecule has 2 fully saturated rings. The topological polar surface area (TPSA) is 182 Å². The van der Waals surface area contributed by atoms with Gasteiger partial charge in [0.2, 0.25) is 11.7 Å². The number of carbonyl (C=O) groups is 2. The molecule has 0 saturated heterocycles. The number of nitrogens with zero attached hydrogens (tertiary/aromatic N) is 3. The lowest BCUT2D eigenvalue weighted by atomic mass is 9.55. The van der Waals surface area contributed by atoms with Crippen LogP contribution in [0, 0.1) is 33.8 Å². The Morgan fingerprint density at radius 3 is 2.48 bits per heavy atom. The fourth-order valence-electron chi connectivity index (χ4n) is 10.4. The molecule has 6 atom stereocenters. The van der Waals surface area contributed by atoms with Gasteiger partial charge in [0.05, 0.1) is 23.2 Å². The van der Waals surface area contributed by atoms with Crippen LogP contribution < -0.4 is 14.8 Å². The third kappa shape index (κ3) is 9.86. The van der Waals surface area contributed by atoms with Crippen LogP contribution in [0.5, 0.6) is 11.5 Å². The highest BCUT2D eigenvalue weighted by Gasteiger charge is 2.66. The maximum atomic E-state index is 15.1. The number of hydrogen-bond donors (Lipinski definition) is 3. The average molecular weight is 901 g/mol. The number of benzene rings is 4. The zero-order valence-corrected chi connectivity index (χ0v) is 37.5. The van der Waals surface area contributed by atoms with E-state index < -0.39 is 28.8 Å². The lowest BCUT2D eigenvalue weighted by Gasteiger charge is -2.60. The molecule has 14 nitrogen and oxygen atoms in total. The Morgan fingerprint density at radius 1 is 1.00 bits per heavy atom. The Balaban J connectivity index is 1.33. The van der Waals surface area contributed by atoms with Crippen molar-refractivity contribution in [2.24, 2.45) is 28.8 Å². The van der Waals surface area contributed by atoms with Gasteiger partial charge in [-0.05, 0) is 115 Å². The average Bonchev–Trinajstić information content (AvgIpc) is 4.18. The number of hydrogen-bond acceptors (Lipinski definition) is 11. The maximum Gasteiger partial charge on any atom is 0.412 e. The Kier molecular flexibility index (Phi) is 14.8. The van der Waals surface area contributed by atoms with Gasteiger partial charge in [-0.2, -0.15) is 0 Å². The summed E-state index contributed by atoms with van der Waals surface area (Å²) in [5, 5.41) is 41.1. The van der Waals surface area contributed by atoms with Crippen molar-refractivity contribution >= 4 is 34.2 Å². The highest BCUT2D eigenvalue weighted by atomic mass is 16.7. The minimum absolute atomic E-state index is 0.00177. The summed E-state index contributed by atoms with van der Waals surface area (Å²) in [5.74, 6) is -1.69. The molecule has 0 unspecified atom stereocenters. The molecule has 1 heterocycles. The molecule has 1 aliphatic heterocycles. The summed E-state index contributed by atoms with van der Waals surface area (Å²) in [6.07, 6.45) is 9.39. The van der Waals surface area contributed by atoms with E-state index in [9.17, 15) is 25.1 Å². The van der Waals surface area contributed by atoms with Crippen molar-refractivity contribution in [3.8, 4) is 11.5 Å². The molecule has 0 radical (unpaired) electrons. The number of non-ortho nitro benzene ring substituents is 1. The normalized spacial score (nSPS) is 23.5. The van der Waals surface area contributed by atoms with Crippen LogP contribution in [0.3, 0.4) is 0 Å². The third-order valence-electron chi connectivity index (χ3n) is 13.5. The van der Waals surface area contributed by atoms with Gasteiger partial charge in [-0.25, -0.2) is 4.79 Å². The zero-order valence-electron chi connectivity index (χ0n) is 37.5. The van der Waals surface area contributed by atoms with Crippen LogP contribution in [0.15, 0.2) is 114 Å². The predicted octanol–water partition coefficient (Wildman–Crippen LogP) is 9.13. The van der Waals surface area contributed by atoms with Gasteiger partial charge in [-0.15, -0.1) is 6.58 Å². The van der Waals surface area contributed by atoms with E-state index in [0.29, 0.717) is 42.2 Å². The molecule has 2 amide bonds. The third-order valence-corrected chi connectivity index (χ3v) is 13.5. The Labute approximate surface area is 385 Å². The highest BCUT2D eigenvalue weighted by molar-refractivity contribution is 6.03. The van der Waals surface area contributed by atoms with Crippen LogP contribution in [0.2, 0.25) is 0 Å². The van der Waals surface area contributed by atoms with E-state index >= 15 is 4.79 Å². The molecule has 4 aromatic carbocycles. The number of aliphatic hydroxyl groups excluding tert-OH is 2. The monoisotopic (exact) mass is 900 g/mol. The first-order valence-electron chi connectivity index (χ1n) is 23.4. The number of aliphatic hydroxyl groups is 2. The van der Waals surface area contributed by atoms with Crippen LogP contribution >= 0.6 is 0 Å². The highest BCUT2D eigenvalue weighted by Crippen LogP contribution is 2.62. The molecule has 4 aromatic rings. The number of allylic oxidation sites excluding steroid dienone is 1. The number of amides is 2. The number of unbranched alkanes of at least 4 members (excludes halogenated alkanes) is 2. The molecule has 14 heteroatoms. The molecule has 66 heavy (non-hydrogen) atoms. The van der Waals surface area contributed by atoms with E-state index in [-0.39, 0.29) is 74.7 Å². The van der Waals surface area contributed by atoms with Crippen molar-refractivity contribution in [3.05, 3.63) is 136 Å². The summed E-state index contributed by atoms with van der Waals surface area (Å²) < 4.78 is 20.4. The van der Waals surface area contributed by atoms with Crippen LogP contribution in [-0.4, -0.2) is 75.9 Å². The van der Waals surface area contributed by atoms with Crippen molar-refractivity contribution in [2.45, 2.75) is 95.6 Å². The van der Waals surface area contributed by atoms with Crippen molar-refractivity contribution in [1.82, 2.24) is 10.2 Å². The first-order chi connectivity index (χ1) is 32.2. The van der Waals surface area contributed by atoms with Gasteiger partial charge < -0.3 is 39.5 Å². The number of carbonyl (C=O) groups excluding carboxylic acids is 2. The summed E-state index contributed by atoms with van der Waals surface area (Å²) in [7, 11) is 0. The number of nitrogens with one attached hydrogen (secondary N) is 1. The first kappa shape index (κ1) is 46.4. The lowest BCUT2D eigenvalue weighted by molar-refractivity contribution is -0.384. The smallest absolute Gasteiger partial charge is 0.412 e. The summed E-state index contributed by atoms with van der Waals surface area (Å²) in [6.45, 7) is 6.80. The SMILES string of the molecule is C=CCO[C@@]12Oc3ccc(OC(=O)NCC)cc3[C@H]3[C@H](CCCCO)[C@@H](CCCCO)C=C(C(=NOCc4ccc([N+](=O)[O-])cc4)C[C@@H]1N(Cc1cccc4ccccc14)C(=O)C1CC1)[C@H]32. The zero-order chi connectivity index (χ0) is 46.2. The summed E-state index contributed by atoms with van der Waals surface area (Å²) in [5.41, 5.74) is 3.96. The first-order valence-corrected chi connectivity index (χ1v) is 23.4. The number of fused-ring (bicyclic) bond motifs is 3. The number of nitro groups is 1. The standard InChI is InChI=1S/C52H60N4O10/c1-3-28-63-52-47(55(50(59)36-20-21-36)32-38-15-11-14-35-12-5-6-16-41(35)38)31-45(54-64-33-34-18-22-39(23-19-34)56(61)62)43-29-37(13-7-9-26-57)42(17-8-10-27-58)48(49(43)52)44-30-40(24-25-46(44)66-52)65-51(60)53-4-2/h3,5-6,11-12,14-16,18-19,22-25,29-30,36-37,42,47-49,57-58H,1,4,7-10,13,17,20-21,26-28,31-33H2,2H3,(H,53,60)/t37-,42+,47-,48+,49+,52+/m0/s1. The number of nitro benzene ring substituents is 1. The molecule has 0 aromatic heterocycles. The fraction of sp³-hybridized carbons (Fsp3) is 0.442. The van der Waals surface area contributed by atoms with Crippen LogP contribution in [0.25, 0.3) is 10.8 Å². The molecular weight excluding hydrogens is 841 g/mol.